The van der Waals surface area contributed by atoms with Gasteiger partial charge in [0.15, 0.2) is 0 Å². The lowest BCUT2D eigenvalue weighted by molar-refractivity contribution is 0.0117. The number of nitrogens with one attached hydrogen (secondary N) is 1. The minimum absolute atomic E-state index is 0.450. The molecule has 0 radical (unpaired) electrons. The Morgan fingerprint density at radius 2 is 1.62 bits per heavy atom. The van der Waals surface area contributed by atoms with Gasteiger partial charge in [-0.15, -0.1) is 0 Å². The molecule has 3 aliphatic heterocycles. The zero-order valence-corrected chi connectivity index (χ0v) is 13.7. The van der Waals surface area contributed by atoms with Crippen LogP contribution in [0.4, 0.5) is 0 Å². The molecule has 3 rings (SSSR count). The first-order valence-electron chi connectivity index (χ1n) is 9.11. The van der Waals surface area contributed by atoms with E-state index in [1.54, 1.807) is 0 Å². The van der Waals surface area contributed by atoms with Crippen molar-refractivity contribution in [1.82, 2.24) is 15.1 Å². The molecule has 0 amide bonds. The highest BCUT2D eigenvalue weighted by atomic mass is 16.5. The molecule has 3 fully saturated rings. The summed E-state index contributed by atoms with van der Waals surface area (Å²) in [5.74, 6) is 0. The Labute approximate surface area is 130 Å². The molecule has 0 aromatic rings. The molecule has 3 saturated heterocycles. The molecule has 0 aromatic heterocycles. The number of likely N-dealkylation sites (N-methyl/N-ethyl adjacent to an activating group) is 1. The second-order valence-electron chi connectivity index (χ2n) is 7.14. The lowest BCUT2D eigenvalue weighted by Crippen LogP contribution is -2.48. The lowest BCUT2D eigenvalue weighted by atomic mass is 9.99. The Bertz CT molecular complexity index is 298. The average Bonchev–Trinajstić information content (AvgIpc) is 2.97. The van der Waals surface area contributed by atoms with Crippen molar-refractivity contribution in [1.29, 1.82) is 0 Å². The van der Waals surface area contributed by atoms with Gasteiger partial charge in [-0.3, -0.25) is 0 Å². The van der Waals surface area contributed by atoms with Gasteiger partial charge in [0.25, 0.3) is 0 Å². The van der Waals surface area contributed by atoms with Crippen molar-refractivity contribution in [2.75, 3.05) is 46.3 Å². The second-order valence-corrected chi connectivity index (χ2v) is 7.14. The highest BCUT2D eigenvalue weighted by Crippen LogP contribution is 2.24. The van der Waals surface area contributed by atoms with Crippen LogP contribution < -0.4 is 5.32 Å². The van der Waals surface area contributed by atoms with Gasteiger partial charge in [0.2, 0.25) is 0 Å². The molecule has 3 heterocycles. The maximum absolute atomic E-state index is 6.13. The van der Waals surface area contributed by atoms with Crippen LogP contribution in [0.1, 0.15) is 44.9 Å². The van der Waals surface area contributed by atoms with E-state index in [1.165, 1.54) is 71.1 Å². The average molecular weight is 295 g/mol. The molecule has 3 aliphatic rings. The van der Waals surface area contributed by atoms with E-state index in [1.807, 2.05) is 7.05 Å². The molecule has 4 nitrogen and oxygen atoms in total. The van der Waals surface area contributed by atoms with Gasteiger partial charge in [-0.05, 0) is 71.8 Å². The van der Waals surface area contributed by atoms with Crippen LogP contribution in [0.15, 0.2) is 0 Å². The molecule has 0 aromatic carbocycles. The number of ether oxygens (including phenoxy) is 1. The molecule has 2 unspecified atom stereocenters. The lowest BCUT2D eigenvalue weighted by Gasteiger charge is -2.40. The van der Waals surface area contributed by atoms with Crippen molar-refractivity contribution in [2.45, 2.75) is 63.2 Å². The summed E-state index contributed by atoms with van der Waals surface area (Å²) in [5, 5.41) is 3.23. The zero-order chi connectivity index (χ0) is 14.5. The minimum Gasteiger partial charge on any atom is -0.372 e. The van der Waals surface area contributed by atoms with E-state index >= 15 is 0 Å². The van der Waals surface area contributed by atoms with E-state index in [4.69, 9.17) is 4.74 Å². The zero-order valence-electron chi connectivity index (χ0n) is 13.7. The molecule has 4 heteroatoms. The van der Waals surface area contributed by atoms with E-state index in [2.05, 4.69) is 15.1 Å². The van der Waals surface area contributed by atoms with Crippen molar-refractivity contribution < 1.29 is 4.74 Å². The molecular weight excluding hydrogens is 262 g/mol. The van der Waals surface area contributed by atoms with Crippen LogP contribution in [0.3, 0.4) is 0 Å². The minimum atomic E-state index is 0.450. The van der Waals surface area contributed by atoms with Crippen LogP contribution in [-0.2, 0) is 4.74 Å². The number of hydrogen-bond donors (Lipinski definition) is 1. The number of rotatable bonds is 5. The van der Waals surface area contributed by atoms with E-state index in [9.17, 15) is 0 Å². The van der Waals surface area contributed by atoms with Crippen molar-refractivity contribution >= 4 is 0 Å². The fraction of sp³-hybridized carbons (Fsp3) is 1.00. The van der Waals surface area contributed by atoms with Crippen LogP contribution in [0, 0.1) is 0 Å². The first kappa shape index (κ1) is 15.7. The Morgan fingerprint density at radius 1 is 0.905 bits per heavy atom. The summed E-state index contributed by atoms with van der Waals surface area (Å²) < 4.78 is 6.13. The van der Waals surface area contributed by atoms with Crippen molar-refractivity contribution in [2.24, 2.45) is 0 Å². The molecule has 0 aliphatic carbocycles. The summed E-state index contributed by atoms with van der Waals surface area (Å²) in [6.07, 6.45) is 10.4. The van der Waals surface area contributed by atoms with E-state index < -0.39 is 0 Å². The van der Waals surface area contributed by atoms with E-state index in [-0.39, 0.29) is 0 Å². The van der Waals surface area contributed by atoms with Crippen LogP contribution in [0.5, 0.6) is 0 Å². The Kier molecular flexibility index (Phi) is 5.92. The number of piperidine rings is 2. The first-order chi connectivity index (χ1) is 10.3. The number of likely N-dealkylation sites (tertiary alicyclic amines) is 2. The summed E-state index contributed by atoms with van der Waals surface area (Å²) in [7, 11) is 2.02. The maximum atomic E-state index is 6.13. The third-order valence-corrected chi connectivity index (χ3v) is 5.55. The summed E-state index contributed by atoms with van der Waals surface area (Å²) in [4.78, 5) is 5.41. The topological polar surface area (TPSA) is 27.7 Å². The molecule has 0 saturated carbocycles. The van der Waals surface area contributed by atoms with Gasteiger partial charge in [-0.1, -0.05) is 6.42 Å². The normalized spacial score (nSPS) is 33.6. The van der Waals surface area contributed by atoms with Crippen molar-refractivity contribution in [3.05, 3.63) is 0 Å². The van der Waals surface area contributed by atoms with Crippen LogP contribution >= 0.6 is 0 Å². The third-order valence-electron chi connectivity index (χ3n) is 5.55. The van der Waals surface area contributed by atoms with Gasteiger partial charge in [0.05, 0.1) is 12.2 Å². The molecular formula is C17H33N3O. The molecule has 0 spiro atoms. The summed E-state index contributed by atoms with van der Waals surface area (Å²) >= 11 is 0. The highest BCUT2D eigenvalue weighted by Gasteiger charge is 2.29. The highest BCUT2D eigenvalue weighted by molar-refractivity contribution is 4.84. The van der Waals surface area contributed by atoms with Crippen LogP contribution in [-0.4, -0.2) is 74.4 Å². The molecule has 0 bridgehead atoms. The Morgan fingerprint density at radius 3 is 2.33 bits per heavy atom. The van der Waals surface area contributed by atoms with Gasteiger partial charge in [0, 0.05) is 19.1 Å². The Hall–Kier alpha value is -0.160. The standard InChI is InChI=1S/C17H33N3O/c1-18-13-16-5-6-17(21-16)14-19-11-7-15(8-12-19)20-9-3-2-4-10-20/h15-18H,2-14H2,1H3. The second kappa shape index (κ2) is 7.91. The first-order valence-corrected chi connectivity index (χ1v) is 9.11. The van der Waals surface area contributed by atoms with E-state index in [0.29, 0.717) is 12.2 Å². The Balaban J connectivity index is 1.36. The van der Waals surface area contributed by atoms with Crippen molar-refractivity contribution in [3.63, 3.8) is 0 Å². The fourth-order valence-electron chi connectivity index (χ4n) is 4.33. The van der Waals surface area contributed by atoms with E-state index in [0.717, 1.165) is 19.1 Å². The largest absolute Gasteiger partial charge is 0.372 e. The predicted octanol–water partition coefficient (Wildman–Crippen LogP) is 1.70. The number of nitrogens with zero attached hydrogens (tertiary/aromatic N) is 2. The summed E-state index contributed by atoms with van der Waals surface area (Å²) in [6.45, 7) is 7.42. The predicted molar refractivity (Wildman–Crippen MR) is 86.7 cm³/mol. The van der Waals surface area contributed by atoms with Crippen LogP contribution in [0.2, 0.25) is 0 Å². The van der Waals surface area contributed by atoms with Crippen LogP contribution in [0.25, 0.3) is 0 Å². The van der Waals surface area contributed by atoms with Gasteiger partial charge < -0.3 is 19.9 Å². The SMILES string of the molecule is CNCC1CCC(CN2CCC(N3CCCCC3)CC2)O1. The summed E-state index contributed by atoms with van der Waals surface area (Å²) in [5.41, 5.74) is 0. The third kappa shape index (κ3) is 4.41. The molecule has 21 heavy (non-hydrogen) atoms. The van der Waals surface area contributed by atoms with Gasteiger partial charge in [0.1, 0.15) is 0 Å². The quantitative estimate of drug-likeness (QED) is 0.835. The smallest absolute Gasteiger partial charge is 0.0707 e. The maximum Gasteiger partial charge on any atom is 0.0707 e. The monoisotopic (exact) mass is 295 g/mol. The molecule has 2 atom stereocenters. The fourth-order valence-corrected chi connectivity index (χ4v) is 4.33. The molecule has 1 N–H and O–H groups in total. The number of hydrogen-bond acceptors (Lipinski definition) is 4. The summed E-state index contributed by atoms with van der Waals surface area (Å²) in [6, 6.07) is 0.864. The van der Waals surface area contributed by atoms with Gasteiger partial charge in [-0.25, -0.2) is 0 Å². The molecule has 122 valence electrons. The van der Waals surface area contributed by atoms with Gasteiger partial charge in [-0.2, -0.15) is 0 Å². The van der Waals surface area contributed by atoms with Gasteiger partial charge >= 0.3 is 0 Å². The van der Waals surface area contributed by atoms with Crippen molar-refractivity contribution in [3.8, 4) is 0 Å².